The van der Waals surface area contributed by atoms with Crippen molar-refractivity contribution in [3.8, 4) is 5.88 Å². The highest BCUT2D eigenvalue weighted by Crippen LogP contribution is 2.21. The van der Waals surface area contributed by atoms with Crippen LogP contribution in [0.3, 0.4) is 0 Å². The third kappa shape index (κ3) is 5.18. The van der Waals surface area contributed by atoms with Crippen molar-refractivity contribution in [2.45, 2.75) is 39.8 Å². The predicted molar refractivity (Wildman–Crippen MR) is 82.9 cm³/mol. The summed E-state index contributed by atoms with van der Waals surface area (Å²) in [6.07, 6.45) is 0. The molecule has 0 atom stereocenters. The topological polar surface area (TPSA) is 80.5 Å². The van der Waals surface area contributed by atoms with Gasteiger partial charge in [-0.05, 0) is 27.7 Å². The zero-order chi connectivity index (χ0) is 16.0. The Kier molecular flexibility index (Phi) is 6.36. The van der Waals surface area contributed by atoms with Crippen LogP contribution in [0.1, 0.15) is 27.7 Å². The van der Waals surface area contributed by atoms with Crippen molar-refractivity contribution in [1.29, 1.82) is 0 Å². The first kappa shape index (κ1) is 17.2. The molecule has 0 bridgehead atoms. The van der Waals surface area contributed by atoms with Crippen LogP contribution in [0, 0.1) is 10.1 Å². The molecule has 1 aromatic rings. The molecule has 0 aliphatic heterocycles. The molecule has 0 saturated carbocycles. The number of nitro groups is 1. The number of hydrogen-bond acceptors (Lipinski definition) is 6. The summed E-state index contributed by atoms with van der Waals surface area (Å²) < 4.78 is 5.57. The molecule has 0 radical (unpaired) electrons. The molecule has 1 rings (SSSR count). The number of nitrogens with zero attached hydrogens (tertiary/aromatic N) is 3. The molecule has 0 fully saturated rings. The summed E-state index contributed by atoms with van der Waals surface area (Å²) in [5, 5.41) is 13.7. The van der Waals surface area contributed by atoms with E-state index >= 15 is 0 Å². The second kappa shape index (κ2) is 7.78. The molecule has 0 amide bonds. The van der Waals surface area contributed by atoms with E-state index in [-0.39, 0.29) is 11.6 Å². The van der Waals surface area contributed by atoms with Crippen molar-refractivity contribution >= 4 is 11.5 Å². The highest BCUT2D eigenvalue weighted by atomic mass is 16.6. The fourth-order valence-electron chi connectivity index (χ4n) is 2.17. The Morgan fingerprint density at radius 3 is 2.43 bits per heavy atom. The minimum Gasteiger partial charge on any atom is -0.476 e. The maximum Gasteiger partial charge on any atom is 0.278 e. The average molecular weight is 296 g/mol. The summed E-state index contributed by atoms with van der Waals surface area (Å²) in [4.78, 5) is 16.9. The SMILES string of the molecule is CNc1cc([N+](=O)[O-])cc(OCCN(C(C)C)C(C)C)n1. The van der Waals surface area contributed by atoms with Crippen molar-refractivity contribution in [2.75, 3.05) is 25.5 Å². The van der Waals surface area contributed by atoms with Gasteiger partial charge in [0.2, 0.25) is 5.88 Å². The van der Waals surface area contributed by atoms with E-state index in [1.807, 2.05) is 0 Å². The minimum atomic E-state index is -0.454. The van der Waals surface area contributed by atoms with Gasteiger partial charge in [0, 0.05) is 25.7 Å². The summed E-state index contributed by atoms with van der Waals surface area (Å²) >= 11 is 0. The normalized spacial score (nSPS) is 11.2. The van der Waals surface area contributed by atoms with E-state index in [4.69, 9.17) is 4.74 Å². The van der Waals surface area contributed by atoms with Gasteiger partial charge in [-0.25, -0.2) is 0 Å². The standard InChI is InChI=1S/C14H24N4O3/c1-10(2)17(11(3)4)6-7-21-14-9-12(18(19)20)8-13(15-5)16-14/h8-11H,6-7H2,1-5H3,(H,15,16). The van der Waals surface area contributed by atoms with Crippen molar-refractivity contribution in [2.24, 2.45) is 0 Å². The zero-order valence-electron chi connectivity index (χ0n) is 13.3. The van der Waals surface area contributed by atoms with Gasteiger partial charge in [-0.1, -0.05) is 0 Å². The molecular formula is C14H24N4O3. The molecule has 1 aromatic heterocycles. The third-order valence-corrected chi connectivity index (χ3v) is 3.18. The van der Waals surface area contributed by atoms with Crippen LogP contribution >= 0.6 is 0 Å². The van der Waals surface area contributed by atoms with Crippen LogP contribution in [-0.4, -0.2) is 47.1 Å². The summed E-state index contributed by atoms with van der Waals surface area (Å²) in [6, 6.07) is 3.55. The monoisotopic (exact) mass is 296 g/mol. The number of aromatic nitrogens is 1. The molecule has 0 aliphatic carbocycles. The van der Waals surface area contributed by atoms with E-state index < -0.39 is 4.92 Å². The minimum absolute atomic E-state index is 0.0334. The molecule has 0 aliphatic rings. The van der Waals surface area contributed by atoms with Crippen LogP contribution in [0.15, 0.2) is 12.1 Å². The first-order chi connectivity index (χ1) is 9.85. The second-order valence-electron chi connectivity index (χ2n) is 5.33. The highest BCUT2D eigenvalue weighted by molar-refractivity contribution is 5.47. The summed E-state index contributed by atoms with van der Waals surface area (Å²) in [7, 11) is 1.66. The molecule has 0 aromatic carbocycles. The van der Waals surface area contributed by atoms with Gasteiger partial charge in [-0.15, -0.1) is 0 Å². The zero-order valence-corrected chi connectivity index (χ0v) is 13.3. The Morgan fingerprint density at radius 2 is 1.95 bits per heavy atom. The number of rotatable bonds is 8. The van der Waals surface area contributed by atoms with Gasteiger partial charge in [0.05, 0.1) is 17.1 Å². The van der Waals surface area contributed by atoms with Gasteiger partial charge >= 0.3 is 0 Å². The van der Waals surface area contributed by atoms with Crippen molar-refractivity contribution in [3.05, 3.63) is 22.2 Å². The number of anilines is 1. The summed E-state index contributed by atoms with van der Waals surface area (Å²) in [6.45, 7) is 9.70. The van der Waals surface area contributed by atoms with Gasteiger partial charge < -0.3 is 10.1 Å². The lowest BCUT2D eigenvalue weighted by molar-refractivity contribution is -0.384. The molecule has 1 heterocycles. The molecule has 7 nitrogen and oxygen atoms in total. The van der Waals surface area contributed by atoms with Gasteiger partial charge in [0.25, 0.3) is 5.69 Å². The largest absolute Gasteiger partial charge is 0.476 e. The van der Waals surface area contributed by atoms with Crippen LogP contribution in [0.2, 0.25) is 0 Å². The van der Waals surface area contributed by atoms with E-state index in [9.17, 15) is 10.1 Å². The molecule has 0 unspecified atom stereocenters. The summed E-state index contributed by atoms with van der Waals surface area (Å²) in [5.74, 6) is 0.685. The Hall–Kier alpha value is -1.89. The molecule has 21 heavy (non-hydrogen) atoms. The number of hydrogen-bond donors (Lipinski definition) is 1. The van der Waals surface area contributed by atoms with Crippen molar-refractivity contribution in [1.82, 2.24) is 9.88 Å². The number of pyridine rings is 1. The maximum absolute atomic E-state index is 10.9. The van der Waals surface area contributed by atoms with Crippen LogP contribution in [-0.2, 0) is 0 Å². The number of ether oxygens (including phenoxy) is 1. The molecular weight excluding hydrogens is 272 g/mol. The first-order valence-electron chi connectivity index (χ1n) is 7.08. The van der Waals surface area contributed by atoms with Crippen LogP contribution in [0.25, 0.3) is 0 Å². The van der Waals surface area contributed by atoms with Gasteiger partial charge in [-0.3, -0.25) is 15.0 Å². The van der Waals surface area contributed by atoms with Crippen molar-refractivity contribution < 1.29 is 9.66 Å². The smallest absolute Gasteiger partial charge is 0.278 e. The predicted octanol–water partition coefficient (Wildman–Crippen LogP) is 2.53. The van der Waals surface area contributed by atoms with Crippen LogP contribution in [0.4, 0.5) is 11.5 Å². The Labute approximate surface area is 125 Å². The summed E-state index contributed by atoms with van der Waals surface area (Å²) in [5.41, 5.74) is -0.0334. The maximum atomic E-state index is 10.9. The highest BCUT2D eigenvalue weighted by Gasteiger charge is 2.15. The Balaban J connectivity index is 2.70. The fraction of sp³-hybridized carbons (Fsp3) is 0.643. The second-order valence-corrected chi connectivity index (χ2v) is 5.33. The van der Waals surface area contributed by atoms with Gasteiger partial charge in [0.1, 0.15) is 12.4 Å². The fourth-order valence-corrected chi connectivity index (χ4v) is 2.17. The van der Waals surface area contributed by atoms with E-state index in [0.29, 0.717) is 24.5 Å². The van der Waals surface area contributed by atoms with E-state index in [0.717, 1.165) is 6.54 Å². The Morgan fingerprint density at radius 1 is 1.33 bits per heavy atom. The first-order valence-corrected chi connectivity index (χ1v) is 7.08. The Bertz CT molecular complexity index is 469. The van der Waals surface area contributed by atoms with E-state index in [1.54, 1.807) is 7.05 Å². The number of nitrogens with one attached hydrogen (secondary N) is 1. The lowest BCUT2D eigenvalue weighted by atomic mass is 10.2. The van der Waals surface area contributed by atoms with Crippen LogP contribution < -0.4 is 10.1 Å². The van der Waals surface area contributed by atoms with E-state index in [2.05, 4.69) is 42.9 Å². The van der Waals surface area contributed by atoms with Crippen LogP contribution in [0.5, 0.6) is 5.88 Å². The molecule has 0 saturated heterocycles. The average Bonchev–Trinajstić information content (AvgIpc) is 2.42. The molecule has 118 valence electrons. The molecule has 1 N–H and O–H groups in total. The van der Waals surface area contributed by atoms with E-state index in [1.165, 1.54) is 12.1 Å². The van der Waals surface area contributed by atoms with Crippen molar-refractivity contribution in [3.63, 3.8) is 0 Å². The lowest BCUT2D eigenvalue weighted by Gasteiger charge is -2.30. The molecule has 0 spiro atoms. The van der Waals surface area contributed by atoms with Gasteiger partial charge in [-0.2, -0.15) is 4.98 Å². The lowest BCUT2D eigenvalue weighted by Crippen LogP contribution is -2.39. The molecule has 7 heteroatoms. The quantitative estimate of drug-likeness (QED) is 0.586. The van der Waals surface area contributed by atoms with Gasteiger partial charge in [0.15, 0.2) is 0 Å². The third-order valence-electron chi connectivity index (χ3n) is 3.18.